The first kappa shape index (κ1) is 14.4. The van der Waals surface area contributed by atoms with Gasteiger partial charge in [0, 0.05) is 18.3 Å². The van der Waals surface area contributed by atoms with Crippen LogP contribution in [0.2, 0.25) is 5.02 Å². The van der Waals surface area contributed by atoms with Crippen LogP contribution in [0.25, 0.3) is 11.4 Å². The molecule has 0 saturated carbocycles. The van der Waals surface area contributed by atoms with Gasteiger partial charge in [-0.25, -0.2) is 9.97 Å². The van der Waals surface area contributed by atoms with Crippen LogP contribution in [0.4, 0.5) is 5.82 Å². The Morgan fingerprint density at radius 3 is 2.70 bits per heavy atom. The number of aromatic nitrogens is 2. The van der Waals surface area contributed by atoms with Crippen molar-refractivity contribution in [2.45, 2.75) is 6.92 Å². The lowest BCUT2D eigenvalue weighted by molar-refractivity contribution is 0.355. The average Bonchev–Trinajstić information content (AvgIpc) is 2.47. The van der Waals surface area contributed by atoms with Gasteiger partial charge in [0.15, 0.2) is 17.3 Å². The van der Waals surface area contributed by atoms with Gasteiger partial charge >= 0.3 is 0 Å². The minimum absolute atomic E-state index is 0.458. The summed E-state index contributed by atoms with van der Waals surface area (Å²) in [5.41, 5.74) is 0.771. The summed E-state index contributed by atoms with van der Waals surface area (Å²) in [6, 6.07) is 5.37. The normalized spacial score (nSPS) is 10.2. The monoisotopic (exact) mass is 293 g/mol. The first-order valence-electron chi connectivity index (χ1n) is 6.18. The van der Waals surface area contributed by atoms with Crippen molar-refractivity contribution in [2.75, 3.05) is 26.1 Å². The summed E-state index contributed by atoms with van der Waals surface area (Å²) in [5.74, 6) is 2.39. The molecular weight excluding hydrogens is 278 g/mol. The van der Waals surface area contributed by atoms with Gasteiger partial charge in [0.2, 0.25) is 0 Å². The third-order valence-electron chi connectivity index (χ3n) is 2.71. The van der Waals surface area contributed by atoms with Crippen molar-refractivity contribution in [3.8, 4) is 22.9 Å². The second-order valence-electron chi connectivity index (χ2n) is 3.99. The second kappa shape index (κ2) is 6.43. The predicted molar refractivity (Wildman–Crippen MR) is 79.7 cm³/mol. The molecule has 2 rings (SSSR count). The molecule has 1 aromatic heterocycles. The molecule has 0 aliphatic carbocycles. The zero-order valence-corrected chi connectivity index (χ0v) is 12.4. The third-order valence-corrected chi connectivity index (χ3v) is 2.99. The van der Waals surface area contributed by atoms with E-state index in [9.17, 15) is 0 Å². The number of anilines is 1. The zero-order chi connectivity index (χ0) is 14.5. The van der Waals surface area contributed by atoms with E-state index in [0.717, 1.165) is 17.9 Å². The van der Waals surface area contributed by atoms with Crippen LogP contribution < -0.4 is 14.8 Å². The zero-order valence-electron chi connectivity index (χ0n) is 11.6. The molecule has 5 nitrogen and oxygen atoms in total. The Morgan fingerprint density at radius 2 is 2.05 bits per heavy atom. The summed E-state index contributed by atoms with van der Waals surface area (Å²) in [6.45, 7) is 2.80. The minimum Gasteiger partial charge on any atom is -0.493 e. The van der Waals surface area contributed by atoms with Crippen molar-refractivity contribution in [3.05, 3.63) is 29.4 Å². The van der Waals surface area contributed by atoms with Gasteiger partial charge in [-0.05, 0) is 25.1 Å². The van der Waals surface area contributed by atoms with Crippen LogP contribution in [-0.2, 0) is 0 Å². The maximum absolute atomic E-state index is 6.19. The SMILES string of the molecule is CCNc1ccnc(-c2cc(Cl)c(OC)c(OC)c2)n1. The van der Waals surface area contributed by atoms with Crippen LogP contribution in [0, 0.1) is 0 Å². The van der Waals surface area contributed by atoms with Crippen LogP contribution >= 0.6 is 11.6 Å². The number of hydrogen-bond acceptors (Lipinski definition) is 5. The Morgan fingerprint density at radius 1 is 1.25 bits per heavy atom. The Balaban J connectivity index is 2.47. The largest absolute Gasteiger partial charge is 0.493 e. The predicted octanol–water partition coefficient (Wildman–Crippen LogP) is 3.25. The van der Waals surface area contributed by atoms with E-state index in [0.29, 0.717) is 22.3 Å². The minimum atomic E-state index is 0.458. The molecule has 0 amide bonds. The van der Waals surface area contributed by atoms with Crippen LogP contribution in [0.5, 0.6) is 11.5 Å². The Kier molecular flexibility index (Phi) is 4.63. The van der Waals surface area contributed by atoms with Crippen molar-refractivity contribution in [3.63, 3.8) is 0 Å². The van der Waals surface area contributed by atoms with Gasteiger partial charge in [-0.15, -0.1) is 0 Å². The highest BCUT2D eigenvalue weighted by molar-refractivity contribution is 6.32. The van der Waals surface area contributed by atoms with Crippen LogP contribution in [-0.4, -0.2) is 30.7 Å². The molecule has 0 saturated heterocycles. The highest BCUT2D eigenvalue weighted by Gasteiger charge is 2.13. The van der Waals surface area contributed by atoms with Crippen molar-refractivity contribution >= 4 is 17.4 Å². The van der Waals surface area contributed by atoms with E-state index in [-0.39, 0.29) is 0 Å². The van der Waals surface area contributed by atoms with Crippen molar-refractivity contribution < 1.29 is 9.47 Å². The van der Waals surface area contributed by atoms with Crippen LogP contribution in [0.1, 0.15) is 6.92 Å². The van der Waals surface area contributed by atoms with Crippen molar-refractivity contribution in [1.29, 1.82) is 0 Å². The van der Waals surface area contributed by atoms with E-state index >= 15 is 0 Å². The van der Waals surface area contributed by atoms with Gasteiger partial charge in [-0.3, -0.25) is 0 Å². The lowest BCUT2D eigenvalue weighted by atomic mass is 10.2. The van der Waals surface area contributed by atoms with Gasteiger partial charge in [0.25, 0.3) is 0 Å². The summed E-state index contributed by atoms with van der Waals surface area (Å²) < 4.78 is 10.5. The highest BCUT2D eigenvalue weighted by atomic mass is 35.5. The molecule has 20 heavy (non-hydrogen) atoms. The molecule has 6 heteroatoms. The highest BCUT2D eigenvalue weighted by Crippen LogP contribution is 2.38. The number of nitrogens with one attached hydrogen (secondary N) is 1. The van der Waals surface area contributed by atoms with E-state index in [4.69, 9.17) is 21.1 Å². The molecule has 0 unspecified atom stereocenters. The molecule has 0 aliphatic heterocycles. The molecule has 2 aromatic rings. The first-order chi connectivity index (χ1) is 9.69. The van der Waals surface area contributed by atoms with E-state index in [1.54, 1.807) is 32.5 Å². The summed E-state index contributed by atoms with van der Waals surface area (Å²) in [6.07, 6.45) is 1.70. The molecule has 0 bridgehead atoms. The molecule has 0 atom stereocenters. The molecule has 106 valence electrons. The number of ether oxygens (including phenoxy) is 2. The Labute approximate surface area is 122 Å². The lowest BCUT2D eigenvalue weighted by Gasteiger charge is -2.11. The van der Waals surface area contributed by atoms with Gasteiger partial charge in [0.05, 0.1) is 19.2 Å². The fraction of sp³-hybridized carbons (Fsp3) is 0.286. The van der Waals surface area contributed by atoms with E-state index in [1.165, 1.54) is 0 Å². The third kappa shape index (κ3) is 2.93. The molecule has 0 radical (unpaired) electrons. The molecule has 1 heterocycles. The average molecular weight is 294 g/mol. The topological polar surface area (TPSA) is 56.3 Å². The van der Waals surface area contributed by atoms with Crippen LogP contribution in [0.15, 0.2) is 24.4 Å². The van der Waals surface area contributed by atoms with Crippen LogP contribution in [0.3, 0.4) is 0 Å². The maximum Gasteiger partial charge on any atom is 0.179 e. The second-order valence-corrected chi connectivity index (χ2v) is 4.40. The molecule has 0 spiro atoms. The van der Waals surface area contributed by atoms with Gasteiger partial charge in [0.1, 0.15) is 5.82 Å². The Hall–Kier alpha value is -2.01. The number of benzene rings is 1. The molecular formula is C14H16ClN3O2. The molecule has 1 N–H and O–H groups in total. The molecule has 0 aliphatic rings. The summed E-state index contributed by atoms with van der Waals surface area (Å²) in [7, 11) is 3.11. The fourth-order valence-electron chi connectivity index (χ4n) is 1.82. The van der Waals surface area contributed by atoms with Gasteiger partial charge in [-0.1, -0.05) is 11.6 Å². The maximum atomic E-state index is 6.19. The summed E-state index contributed by atoms with van der Waals surface area (Å²) >= 11 is 6.19. The van der Waals surface area contributed by atoms with Crippen molar-refractivity contribution in [2.24, 2.45) is 0 Å². The van der Waals surface area contributed by atoms with E-state index in [2.05, 4.69) is 15.3 Å². The number of methoxy groups -OCH3 is 2. The Bertz CT molecular complexity index is 605. The smallest absolute Gasteiger partial charge is 0.179 e. The lowest BCUT2D eigenvalue weighted by Crippen LogP contribution is -2.01. The standard InChI is InChI=1S/C14H16ClN3O2/c1-4-16-12-5-6-17-14(18-12)9-7-10(15)13(20-3)11(8-9)19-2/h5-8H,4H2,1-3H3,(H,16,17,18). The number of hydrogen-bond donors (Lipinski definition) is 1. The summed E-state index contributed by atoms with van der Waals surface area (Å²) in [5, 5.41) is 3.60. The number of nitrogens with zero attached hydrogens (tertiary/aromatic N) is 2. The van der Waals surface area contributed by atoms with Gasteiger partial charge in [-0.2, -0.15) is 0 Å². The number of halogens is 1. The number of rotatable bonds is 5. The quantitative estimate of drug-likeness (QED) is 0.917. The summed E-state index contributed by atoms with van der Waals surface area (Å²) in [4.78, 5) is 8.69. The first-order valence-corrected chi connectivity index (χ1v) is 6.56. The van der Waals surface area contributed by atoms with E-state index in [1.807, 2.05) is 13.0 Å². The molecule has 0 fully saturated rings. The van der Waals surface area contributed by atoms with Crippen molar-refractivity contribution in [1.82, 2.24) is 9.97 Å². The fourth-order valence-corrected chi connectivity index (χ4v) is 2.11. The van der Waals surface area contributed by atoms with Gasteiger partial charge < -0.3 is 14.8 Å². The van der Waals surface area contributed by atoms with E-state index < -0.39 is 0 Å². The molecule has 1 aromatic carbocycles.